The van der Waals surface area contributed by atoms with Gasteiger partial charge in [-0.25, -0.2) is 0 Å². The SMILES string of the molecule is Cc1c(CNC(=O)CCl)c(C)c(Nc2cc(S(=O)(=O)O)c(N)c3c2C(=O)c2ccccc2C3=O)c(C)c1CNC(=O)CCl. The van der Waals surface area contributed by atoms with Gasteiger partial charge in [-0.05, 0) is 54.7 Å². The maximum absolute atomic E-state index is 13.8. The zero-order chi connectivity index (χ0) is 31.8. The summed E-state index contributed by atoms with van der Waals surface area (Å²) in [6.45, 7) is 5.45. The van der Waals surface area contributed by atoms with Crippen molar-refractivity contribution >= 4 is 73.8 Å². The van der Waals surface area contributed by atoms with E-state index in [0.717, 1.165) is 11.6 Å². The molecular weight excluding hydrogens is 619 g/mol. The van der Waals surface area contributed by atoms with E-state index in [0.29, 0.717) is 27.9 Å². The number of hydrogen-bond acceptors (Lipinski definition) is 8. The lowest BCUT2D eigenvalue weighted by Gasteiger charge is -2.27. The van der Waals surface area contributed by atoms with Crippen molar-refractivity contribution in [2.75, 3.05) is 22.8 Å². The largest absolute Gasteiger partial charge is 0.397 e. The number of nitrogen functional groups attached to an aromatic ring is 1. The molecule has 1 aliphatic rings. The number of rotatable bonds is 9. The molecule has 0 bridgehead atoms. The zero-order valence-corrected chi connectivity index (χ0v) is 25.7. The number of halogens is 2. The molecule has 2 amide bonds. The van der Waals surface area contributed by atoms with Gasteiger partial charge in [0, 0.05) is 29.9 Å². The predicted octanol–water partition coefficient (Wildman–Crippen LogP) is 3.67. The first-order chi connectivity index (χ1) is 20.2. The minimum Gasteiger partial charge on any atom is -0.397 e. The Morgan fingerprint density at radius 2 is 1.30 bits per heavy atom. The van der Waals surface area contributed by atoms with Crippen molar-refractivity contribution in [2.24, 2.45) is 0 Å². The molecule has 0 saturated carbocycles. The number of carbonyl (C=O) groups is 4. The molecule has 6 N–H and O–H groups in total. The summed E-state index contributed by atoms with van der Waals surface area (Å²) < 4.78 is 34.7. The van der Waals surface area contributed by atoms with Gasteiger partial charge < -0.3 is 21.7 Å². The summed E-state index contributed by atoms with van der Waals surface area (Å²) in [5, 5.41) is 8.56. The molecule has 0 aliphatic heterocycles. The van der Waals surface area contributed by atoms with E-state index in [1.807, 2.05) is 6.92 Å². The van der Waals surface area contributed by atoms with Crippen molar-refractivity contribution in [1.82, 2.24) is 10.6 Å². The molecule has 0 radical (unpaired) electrons. The summed E-state index contributed by atoms with van der Waals surface area (Å²) in [4.78, 5) is 50.6. The van der Waals surface area contributed by atoms with Crippen molar-refractivity contribution in [3.8, 4) is 0 Å². The highest BCUT2D eigenvalue weighted by Crippen LogP contribution is 2.42. The lowest BCUT2D eigenvalue weighted by atomic mass is 9.82. The normalized spacial score (nSPS) is 12.4. The van der Waals surface area contributed by atoms with E-state index in [1.54, 1.807) is 26.0 Å². The smallest absolute Gasteiger partial charge is 0.296 e. The van der Waals surface area contributed by atoms with Gasteiger partial charge in [-0.1, -0.05) is 24.3 Å². The molecular formula is C29H28Cl2N4O7S. The third kappa shape index (κ3) is 5.96. The summed E-state index contributed by atoms with van der Waals surface area (Å²) in [5.74, 6) is -2.61. The molecule has 11 nitrogen and oxygen atoms in total. The molecule has 0 saturated heterocycles. The lowest BCUT2D eigenvalue weighted by molar-refractivity contribution is -0.119. The number of carbonyl (C=O) groups excluding carboxylic acids is 4. The Kier molecular flexibility index (Phi) is 9.16. The second kappa shape index (κ2) is 12.3. The van der Waals surface area contributed by atoms with E-state index in [1.165, 1.54) is 12.1 Å². The van der Waals surface area contributed by atoms with Gasteiger partial charge in [0.1, 0.15) is 16.7 Å². The molecule has 3 aromatic carbocycles. The van der Waals surface area contributed by atoms with Crippen LogP contribution in [0.5, 0.6) is 0 Å². The summed E-state index contributed by atoms with van der Waals surface area (Å²) in [6, 6.07) is 7.07. The number of benzene rings is 3. The first-order valence-electron chi connectivity index (χ1n) is 12.9. The Morgan fingerprint density at radius 3 is 1.74 bits per heavy atom. The molecule has 0 fully saturated rings. The van der Waals surface area contributed by atoms with E-state index in [2.05, 4.69) is 16.0 Å². The monoisotopic (exact) mass is 646 g/mol. The summed E-state index contributed by atoms with van der Waals surface area (Å²) >= 11 is 11.3. The maximum Gasteiger partial charge on any atom is 0.296 e. The molecule has 0 spiro atoms. The van der Waals surface area contributed by atoms with Crippen molar-refractivity contribution in [3.05, 3.63) is 80.4 Å². The Hall–Kier alpha value is -3.97. The minimum absolute atomic E-state index is 0.0440. The zero-order valence-electron chi connectivity index (χ0n) is 23.4. The van der Waals surface area contributed by atoms with E-state index < -0.39 is 44.1 Å². The van der Waals surface area contributed by atoms with Gasteiger partial charge in [0.2, 0.25) is 11.8 Å². The van der Waals surface area contributed by atoms with Crippen LogP contribution in [0.4, 0.5) is 17.1 Å². The van der Waals surface area contributed by atoms with E-state index in [9.17, 15) is 32.1 Å². The molecule has 4 rings (SSSR count). The van der Waals surface area contributed by atoms with Crippen LogP contribution in [0.2, 0.25) is 0 Å². The second-order valence-corrected chi connectivity index (χ2v) is 11.8. The highest BCUT2D eigenvalue weighted by Gasteiger charge is 2.37. The molecule has 3 aromatic rings. The van der Waals surface area contributed by atoms with E-state index >= 15 is 0 Å². The fourth-order valence-corrected chi connectivity index (χ4v) is 6.09. The minimum atomic E-state index is -4.93. The van der Waals surface area contributed by atoms with Gasteiger partial charge in [-0.2, -0.15) is 8.42 Å². The van der Waals surface area contributed by atoms with Crippen molar-refractivity contribution < 1.29 is 32.1 Å². The van der Waals surface area contributed by atoms with E-state index in [-0.39, 0.29) is 52.8 Å². The van der Waals surface area contributed by atoms with Gasteiger partial charge in [-0.3, -0.25) is 23.7 Å². The first-order valence-corrected chi connectivity index (χ1v) is 15.4. The quantitative estimate of drug-likeness (QED) is 0.103. The molecule has 0 heterocycles. The van der Waals surface area contributed by atoms with Crippen LogP contribution in [-0.2, 0) is 32.8 Å². The van der Waals surface area contributed by atoms with Crippen LogP contribution in [0, 0.1) is 20.8 Å². The van der Waals surface area contributed by atoms with Gasteiger partial charge in [0.25, 0.3) is 10.1 Å². The van der Waals surface area contributed by atoms with Crippen LogP contribution in [0.3, 0.4) is 0 Å². The summed E-state index contributed by atoms with van der Waals surface area (Å²) in [6.07, 6.45) is 0. The first kappa shape index (κ1) is 32.0. The lowest BCUT2D eigenvalue weighted by Crippen LogP contribution is -2.27. The van der Waals surface area contributed by atoms with Gasteiger partial charge in [-0.15, -0.1) is 23.2 Å². The third-order valence-electron chi connectivity index (χ3n) is 7.47. The molecule has 1 aliphatic carbocycles. The average Bonchev–Trinajstić information content (AvgIpc) is 2.97. The van der Waals surface area contributed by atoms with Crippen LogP contribution in [0.25, 0.3) is 0 Å². The maximum atomic E-state index is 13.8. The number of alkyl halides is 2. The Bertz CT molecular complexity index is 1780. The number of anilines is 3. The fraction of sp³-hybridized carbons (Fsp3) is 0.241. The van der Waals surface area contributed by atoms with Crippen LogP contribution < -0.4 is 21.7 Å². The number of amides is 2. The molecule has 0 atom stereocenters. The molecule has 0 unspecified atom stereocenters. The standard InChI is InChI=1S/C29H28Cl2N4O7S/c1-13-18(11-33-22(36)9-30)14(2)27(15(3)19(13)12-34-23(37)10-31)35-20-8-21(43(40,41)42)26(32)25-24(20)28(38)16-6-4-5-7-17(16)29(25)39/h4-8,35H,9-12,32H2,1-3H3,(H,33,36)(H,34,37)(H,40,41,42). The number of nitrogens with two attached hydrogens (primary N) is 1. The number of hydrogen-bond donors (Lipinski definition) is 5. The third-order valence-corrected chi connectivity index (χ3v) is 8.84. The van der Waals surface area contributed by atoms with Crippen molar-refractivity contribution in [2.45, 2.75) is 38.8 Å². The molecule has 0 aromatic heterocycles. The molecule has 14 heteroatoms. The van der Waals surface area contributed by atoms with Gasteiger partial charge in [0.05, 0.1) is 22.5 Å². The number of fused-ring (bicyclic) bond motifs is 2. The number of nitrogens with one attached hydrogen (secondary N) is 3. The number of ketones is 2. The summed E-state index contributed by atoms with van der Waals surface area (Å²) in [5.41, 5.74) is 8.81. The fourth-order valence-electron chi connectivity index (χ4n) is 5.25. The molecule has 43 heavy (non-hydrogen) atoms. The Balaban J connectivity index is 1.99. The highest BCUT2D eigenvalue weighted by molar-refractivity contribution is 7.86. The Morgan fingerprint density at radius 1 is 0.837 bits per heavy atom. The van der Waals surface area contributed by atoms with Gasteiger partial charge >= 0.3 is 0 Å². The predicted molar refractivity (Wildman–Crippen MR) is 163 cm³/mol. The van der Waals surface area contributed by atoms with Crippen molar-refractivity contribution in [1.29, 1.82) is 0 Å². The average molecular weight is 648 g/mol. The summed E-state index contributed by atoms with van der Waals surface area (Å²) in [7, 11) is -4.93. The van der Waals surface area contributed by atoms with Crippen molar-refractivity contribution in [3.63, 3.8) is 0 Å². The van der Waals surface area contributed by atoms with Crippen LogP contribution in [-0.4, -0.2) is 48.1 Å². The van der Waals surface area contributed by atoms with Crippen LogP contribution in [0.15, 0.2) is 35.2 Å². The highest BCUT2D eigenvalue weighted by atomic mass is 35.5. The van der Waals surface area contributed by atoms with Gasteiger partial charge in [0.15, 0.2) is 11.6 Å². The molecule has 226 valence electrons. The van der Waals surface area contributed by atoms with Crippen LogP contribution in [0.1, 0.15) is 59.7 Å². The second-order valence-electron chi connectivity index (χ2n) is 9.92. The Labute approximate surface area is 257 Å². The van der Waals surface area contributed by atoms with E-state index in [4.69, 9.17) is 28.9 Å². The topological polar surface area (TPSA) is 185 Å². The van der Waals surface area contributed by atoms with Crippen LogP contribution >= 0.6 is 23.2 Å².